The molecule has 3 aromatic rings. The van der Waals surface area contributed by atoms with Gasteiger partial charge in [-0.3, -0.25) is 14.5 Å². The van der Waals surface area contributed by atoms with Gasteiger partial charge >= 0.3 is 19.2 Å². The highest BCUT2D eigenvalue weighted by Gasteiger charge is 2.45. The van der Waals surface area contributed by atoms with Crippen LogP contribution in [-0.2, 0) is 11.2 Å². The first-order chi connectivity index (χ1) is 16.1. The molecule has 2 N–H and O–H groups in total. The zero-order valence-corrected chi connectivity index (χ0v) is 16.8. The van der Waals surface area contributed by atoms with Crippen molar-refractivity contribution < 1.29 is 51.2 Å². The largest absolute Gasteiger partial charge is 0.481 e. The van der Waals surface area contributed by atoms with E-state index in [0.29, 0.717) is 4.90 Å². The minimum atomic E-state index is -3.42. The van der Waals surface area contributed by atoms with Gasteiger partial charge < -0.3 is 19.7 Å². The molecule has 178 valence electrons. The lowest BCUT2D eigenvalue weighted by molar-refractivity contribution is -0.136. The van der Waals surface area contributed by atoms with Crippen molar-refractivity contribution in [2.75, 3.05) is 4.90 Å². The molecule has 0 saturated carbocycles. The van der Waals surface area contributed by atoms with Crippen LogP contribution in [-0.4, -0.2) is 35.3 Å². The van der Waals surface area contributed by atoms with E-state index in [1.807, 2.05) is 0 Å². The number of ether oxygens (including phenoxy) is 2. The molecule has 0 fully saturated rings. The maximum absolute atomic E-state index is 14.8. The second-order valence-electron chi connectivity index (χ2n) is 7.15. The lowest BCUT2D eigenvalue weighted by Crippen LogP contribution is -2.28. The van der Waals surface area contributed by atoms with Crippen molar-refractivity contribution in [3.8, 4) is 11.5 Å². The summed E-state index contributed by atoms with van der Waals surface area (Å²) < 4.78 is 76.8. The third-order valence-electron chi connectivity index (χ3n) is 5.13. The number of benzene rings is 3. The molecule has 0 spiro atoms. The minimum Gasteiger partial charge on any atom is -0.481 e. The monoisotopic (exact) mass is 483 g/mol. The maximum atomic E-state index is 14.8. The smallest absolute Gasteiger partial charge is 0.387 e. The van der Waals surface area contributed by atoms with Gasteiger partial charge in [0.25, 0.3) is 5.91 Å². The number of hydrogen-bond acceptors (Lipinski definition) is 5. The molecule has 1 aliphatic rings. The number of aliphatic hydroxyl groups is 1. The predicted octanol–water partition coefficient (Wildman–Crippen LogP) is 4.46. The number of fused-ring (bicyclic) bond motifs is 2. The summed E-state index contributed by atoms with van der Waals surface area (Å²) >= 11 is 0. The zero-order valence-electron chi connectivity index (χ0n) is 16.8. The number of halogens is 5. The van der Waals surface area contributed by atoms with Crippen LogP contribution < -0.4 is 14.4 Å². The van der Waals surface area contributed by atoms with Gasteiger partial charge in [0.1, 0.15) is 17.3 Å². The Bertz CT molecular complexity index is 1300. The highest BCUT2D eigenvalue weighted by atomic mass is 19.3. The van der Waals surface area contributed by atoms with Crippen LogP contribution >= 0.6 is 0 Å². The standard InChI is InChI=1S/C22H14F5NO6/c23-12-7-9(8-14(29)30)5-6-13(12)28-19(31)15-16(20(28)32)18(34-22(26)27)11-4-2-1-3-10(11)17(15)33-21(24)25/h1-7,19,21-22,31H,8H2,(H,29,30). The molecule has 0 radical (unpaired) electrons. The molecule has 1 unspecified atom stereocenters. The molecule has 1 amide bonds. The number of alkyl halides is 4. The predicted molar refractivity (Wildman–Crippen MR) is 107 cm³/mol. The molecule has 0 aromatic heterocycles. The van der Waals surface area contributed by atoms with Gasteiger partial charge in [0.2, 0.25) is 0 Å². The summed E-state index contributed by atoms with van der Waals surface area (Å²) in [4.78, 5) is 24.6. The number of rotatable bonds is 7. The molecule has 3 aromatic carbocycles. The molecule has 12 heteroatoms. The number of hydrogen-bond donors (Lipinski definition) is 2. The Balaban J connectivity index is 1.95. The Morgan fingerprint density at radius 1 is 1.00 bits per heavy atom. The normalized spacial score (nSPS) is 15.4. The first-order valence-corrected chi connectivity index (χ1v) is 9.60. The Labute approximate surface area is 187 Å². The van der Waals surface area contributed by atoms with Crippen LogP contribution in [0.5, 0.6) is 11.5 Å². The number of carbonyl (C=O) groups is 2. The fourth-order valence-electron chi connectivity index (χ4n) is 3.91. The van der Waals surface area contributed by atoms with E-state index in [-0.39, 0.29) is 16.3 Å². The summed E-state index contributed by atoms with van der Waals surface area (Å²) in [6, 6.07) is 8.24. The molecule has 0 saturated heterocycles. The summed E-state index contributed by atoms with van der Waals surface area (Å²) in [6.07, 6.45) is -2.64. The highest BCUT2D eigenvalue weighted by Crippen LogP contribution is 2.50. The topological polar surface area (TPSA) is 96.3 Å². The van der Waals surface area contributed by atoms with E-state index in [0.717, 1.165) is 12.1 Å². The number of nitrogens with zero attached hydrogens (tertiary/aromatic N) is 1. The number of anilines is 1. The summed E-state index contributed by atoms with van der Waals surface area (Å²) in [5, 5.41) is 19.4. The van der Waals surface area contributed by atoms with Crippen molar-refractivity contribution in [3.05, 3.63) is 65.0 Å². The fourth-order valence-corrected chi connectivity index (χ4v) is 3.91. The van der Waals surface area contributed by atoms with Gasteiger partial charge in [-0.15, -0.1) is 0 Å². The van der Waals surface area contributed by atoms with Gasteiger partial charge in [-0.2, -0.15) is 17.6 Å². The Morgan fingerprint density at radius 2 is 1.59 bits per heavy atom. The van der Waals surface area contributed by atoms with Gasteiger partial charge in [0.05, 0.1) is 23.2 Å². The number of carboxylic acids is 1. The van der Waals surface area contributed by atoms with E-state index in [9.17, 15) is 36.6 Å². The van der Waals surface area contributed by atoms with Crippen LogP contribution in [0.1, 0.15) is 27.7 Å². The van der Waals surface area contributed by atoms with Crippen LogP contribution in [0.15, 0.2) is 42.5 Å². The van der Waals surface area contributed by atoms with E-state index in [1.54, 1.807) is 0 Å². The first-order valence-electron chi connectivity index (χ1n) is 9.60. The van der Waals surface area contributed by atoms with Crippen molar-refractivity contribution in [3.63, 3.8) is 0 Å². The summed E-state index contributed by atoms with van der Waals surface area (Å²) in [5.41, 5.74) is -1.80. The summed E-state index contributed by atoms with van der Waals surface area (Å²) in [6.45, 7) is -6.82. The quantitative estimate of drug-likeness (QED) is 0.482. The van der Waals surface area contributed by atoms with Crippen LogP contribution in [0.4, 0.5) is 27.6 Å². The Morgan fingerprint density at radius 3 is 2.15 bits per heavy atom. The van der Waals surface area contributed by atoms with E-state index >= 15 is 0 Å². The van der Waals surface area contributed by atoms with Crippen LogP contribution in [0, 0.1) is 5.82 Å². The van der Waals surface area contributed by atoms with Gasteiger partial charge in [-0.05, 0) is 17.7 Å². The molecule has 34 heavy (non-hydrogen) atoms. The number of aliphatic carboxylic acids is 1. The average Bonchev–Trinajstić information content (AvgIpc) is 3.00. The van der Waals surface area contributed by atoms with Crippen LogP contribution in [0.25, 0.3) is 10.8 Å². The van der Waals surface area contributed by atoms with Crippen LogP contribution in [0.2, 0.25) is 0 Å². The lowest BCUT2D eigenvalue weighted by atomic mass is 9.98. The molecular weight excluding hydrogens is 469 g/mol. The van der Waals surface area contributed by atoms with Crippen molar-refractivity contribution in [2.45, 2.75) is 25.9 Å². The number of amides is 1. The van der Waals surface area contributed by atoms with E-state index in [4.69, 9.17) is 5.11 Å². The molecular formula is C22H14F5NO6. The first kappa shape index (κ1) is 23.2. The molecule has 1 aliphatic heterocycles. The van der Waals surface area contributed by atoms with Gasteiger partial charge in [-0.25, -0.2) is 4.39 Å². The fraction of sp³-hybridized carbons (Fsp3) is 0.182. The summed E-state index contributed by atoms with van der Waals surface area (Å²) in [7, 11) is 0. The Kier molecular flexibility index (Phi) is 6.00. The molecule has 0 bridgehead atoms. The number of aliphatic hydroxyl groups excluding tert-OH is 1. The van der Waals surface area contributed by atoms with Gasteiger partial charge in [0, 0.05) is 10.8 Å². The molecule has 7 nitrogen and oxygen atoms in total. The second kappa shape index (κ2) is 8.78. The SMILES string of the molecule is O=C(O)Cc1ccc(N2C(=O)c3c(c(OC(F)F)c4ccccc4c3OC(F)F)C2O)c(F)c1. The van der Waals surface area contributed by atoms with Crippen molar-refractivity contribution in [1.29, 1.82) is 0 Å². The molecule has 4 rings (SSSR count). The average molecular weight is 483 g/mol. The van der Waals surface area contributed by atoms with Gasteiger partial charge in [-0.1, -0.05) is 30.3 Å². The summed E-state index contributed by atoms with van der Waals surface area (Å²) in [5.74, 6) is -4.93. The highest BCUT2D eigenvalue weighted by molar-refractivity contribution is 6.17. The molecule has 1 atom stereocenters. The van der Waals surface area contributed by atoms with Crippen molar-refractivity contribution in [1.82, 2.24) is 0 Å². The van der Waals surface area contributed by atoms with Crippen molar-refractivity contribution in [2.24, 2.45) is 0 Å². The third kappa shape index (κ3) is 3.96. The maximum Gasteiger partial charge on any atom is 0.387 e. The third-order valence-corrected chi connectivity index (χ3v) is 5.13. The van der Waals surface area contributed by atoms with E-state index in [1.165, 1.54) is 30.3 Å². The molecule has 1 heterocycles. The number of carbonyl (C=O) groups excluding carboxylic acids is 1. The van der Waals surface area contributed by atoms with E-state index in [2.05, 4.69) is 9.47 Å². The molecule has 0 aliphatic carbocycles. The van der Waals surface area contributed by atoms with Crippen LogP contribution in [0.3, 0.4) is 0 Å². The van der Waals surface area contributed by atoms with Crippen molar-refractivity contribution >= 4 is 28.3 Å². The Hall–Kier alpha value is -3.93. The second-order valence-corrected chi connectivity index (χ2v) is 7.15. The zero-order chi connectivity index (χ0) is 24.7. The van der Waals surface area contributed by atoms with E-state index < -0.39 is 71.9 Å². The minimum absolute atomic E-state index is 0.0431. The lowest BCUT2D eigenvalue weighted by Gasteiger charge is -2.22. The van der Waals surface area contributed by atoms with Gasteiger partial charge in [0.15, 0.2) is 6.23 Å². The number of carboxylic acid groups (broad SMARTS) is 1.